The third-order valence-electron chi connectivity index (χ3n) is 4.47. The van der Waals surface area contributed by atoms with Crippen molar-refractivity contribution in [3.8, 4) is 0 Å². The maximum atomic E-state index is 12.5. The minimum Gasteiger partial charge on any atom is -0.469 e. The third-order valence-corrected chi connectivity index (χ3v) is 4.47. The number of likely N-dealkylation sites (N-methyl/N-ethyl adjacent to an activating group) is 1. The molecule has 2 atom stereocenters. The number of hydrogen-bond donors (Lipinski definition) is 1. The average Bonchev–Trinajstić information content (AvgIpc) is 3.16. The highest BCUT2D eigenvalue weighted by Crippen LogP contribution is 2.30. The van der Waals surface area contributed by atoms with E-state index in [1.807, 2.05) is 17.9 Å². The summed E-state index contributed by atoms with van der Waals surface area (Å²) in [5.41, 5.74) is 1.14. The first-order valence-electron chi connectivity index (χ1n) is 8.01. The minimum atomic E-state index is 0.00653. The first-order valence-corrected chi connectivity index (χ1v) is 8.01. The number of ether oxygens (including phenoxy) is 1. The van der Waals surface area contributed by atoms with Gasteiger partial charge in [-0.1, -0.05) is 0 Å². The van der Waals surface area contributed by atoms with E-state index in [-0.39, 0.29) is 18.2 Å². The van der Waals surface area contributed by atoms with Crippen LogP contribution in [-0.2, 0) is 11.2 Å². The van der Waals surface area contributed by atoms with Gasteiger partial charge in [0.1, 0.15) is 5.76 Å². The lowest BCUT2D eigenvalue weighted by molar-refractivity contribution is 0.0819. The molecule has 2 amide bonds. The van der Waals surface area contributed by atoms with Crippen LogP contribution in [0.2, 0.25) is 0 Å². The number of fused-ring (bicyclic) bond motifs is 1. The van der Waals surface area contributed by atoms with Crippen molar-refractivity contribution in [2.45, 2.75) is 51.2 Å². The summed E-state index contributed by atoms with van der Waals surface area (Å²) in [6.45, 7) is 4.23. The van der Waals surface area contributed by atoms with Crippen LogP contribution in [0.15, 0.2) is 16.7 Å². The van der Waals surface area contributed by atoms with Gasteiger partial charge in [0.2, 0.25) is 0 Å². The molecule has 0 unspecified atom stereocenters. The van der Waals surface area contributed by atoms with Crippen molar-refractivity contribution < 1.29 is 13.9 Å². The number of rotatable bonds is 4. The van der Waals surface area contributed by atoms with Crippen LogP contribution in [0.5, 0.6) is 0 Å². The quantitative estimate of drug-likeness (QED) is 0.928. The van der Waals surface area contributed by atoms with Gasteiger partial charge in [0.15, 0.2) is 0 Å². The summed E-state index contributed by atoms with van der Waals surface area (Å²) in [5, 5.41) is 3.16. The Kier molecular flexibility index (Phi) is 4.48. The van der Waals surface area contributed by atoms with E-state index in [4.69, 9.17) is 9.15 Å². The van der Waals surface area contributed by atoms with Crippen LogP contribution in [0.4, 0.5) is 4.79 Å². The summed E-state index contributed by atoms with van der Waals surface area (Å²) in [6.07, 6.45) is 7.09. The molecule has 5 nitrogen and oxygen atoms in total. The molecule has 21 heavy (non-hydrogen) atoms. The second-order valence-corrected chi connectivity index (χ2v) is 5.87. The second kappa shape index (κ2) is 6.52. The van der Waals surface area contributed by atoms with E-state index < -0.39 is 0 Å². The van der Waals surface area contributed by atoms with E-state index in [0.717, 1.165) is 50.0 Å². The Bertz CT molecular complexity index is 480. The van der Waals surface area contributed by atoms with Crippen LogP contribution >= 0.6 is 0 Å². The number of nitrogens with one attached hydrogen (secondary N) is 1. The Morgan fingerprint density at radius 2 is 2.33 bits per heavy atom. The molecule has 116 valence electrons. The number of carbonyl (C=O) groups excluding carboxylic acids is 1. The molecule has 1 fully saturated rings. The smallest absolute Gasteiger partial charge is 0.317 e. The van der Waals surface area contributed by atoms with Crippen LogP contribution in [0.3, 0.4) is 0 Å². The summed E-state index contributed by atoms with van der Waals surface area (Å²) in [7, 11) is 0. The molecule has 0 radical (unpaired) electrons. The predicted molar refractivity (Wildman–Crippen MR) is 79.1 cm³/mol. The molecule has 2 aliphatic rings. The van der Waals surface area contributed by atoms with Gasteiger partial charge in [-0.25, -0.2) is 4.79 Å². The lowest BCUT2D eigenvalue weighted by Crippen LogP contribution is -2.45. The molecule has 0 saturated carbocycles. The van der Waals surface area contributed by atoms with E-state index in [1.165, 1.54) is 0 Å². The third kappa shape index (κ3) is 3.23. The number of hydrogen-bond acceptors (Lipinski definition) is 3. The maximum absolute atomic E-state index is 12.5. The van der Waals surface area contributed by atoms with Gasteiger partial charge in [0.05, 0.1) is 18.4 Å². The fourth-order valence-corrected chi connectivity index (χ4v) is 3.27. The highest BCUT2D eigenvalue weighted by molar-refractivity contribution is 5.74. The topological polar surface area (TPSA) is 54.7 Å². The number of furan rings is 1. The van der Waals surface area contributed by atoms with Crippen LogP contribution < -0.4 is 5.32 Å². The zero-order valence-electron chi connectivity index (χ0n) is 12.6. The summed E-state index contributed by atoms with van der Waals surface area (Å²) in [6, 6.07) is 2.07. The maximum Gasteiger partial charge on any atom is 0.317 e. The number of aryl methyl sites for hydroxylation is 1. The molecule has 1 aliphatic carbocycles. The van der Waals surface area contributed by atoms with Crippen molar-refractivity contribution in [2.75, 3.05) is 19.7 Å². The van der Waals surface area contributed by atoms with E-state index >= 15 is 0 Å². The summed E-state index contributed by atoms with van der Waals surface area (Å²) >= 11 is 0. The van der Waals surface area contributed by atoms with E-state index in [0.29, 0.717) is 13.1 Å². The van der Waals surface area contributed by atoms with Gasteiger partial charge in [-0.3, -0.25) is 0 Å². The SMILES string of the molecule is CCN(C[C@@H]1CCCO1)C(=O)N[C@H]1CCCc2occc21. The fraction of sp³-hybridized carbons (Fsp3) is 0.688. The van der Waals surface area contributed by atoms with Gasteiger partial charge in [-0.05, 0) is 38.7 Å². The van der Waals surface area contributed by atoms with Crippen molar-refractivity contribution in [3.05, 3.63) is 23.7 Å². The zero-order valence-corrected chi connectivity index (χ0v) is 12.6. The predicted octanol–water partition coefficient (Wildman–Crippen LogP) is 2.87. The van der Waals surface area contributed by atoms with Crippen molar-refractivity contribution in [1.29, 1.82) is 0 Å². The highest BCUT2D eigenvalue weighted by atomic mass is 16.5. The standard InChI is InChI=1S/C16H24N2O3/c1-2-18(11-12-5-4-9-20-12)16(19)17-14-6-3-7-15-13(14)8-10-21-15/h8,10,12,14H,2-7,9,11H2,1H3,(H,17,19)/t12-,14-/m0/s1. The van der Waals surface area contributed by atoms with E-state index in [1.54, 1.807) is 6.26 Å². The molecular formula is C16H24N2O3. The molecule has 3 rings (SSSR count). The summed E-state index contributed by atoms with van der Waals surface area (Å²) in [4.78, 5) is 14.3. The number of urea groups is 1. The van der Waals surface area contributed by atoms with Gasteiger partial charge in [-0.2, -0.15) is 0 Å². The Morgan fingerprint density at radius 3 is 3.10 bits per heavy atom. The molecule has 1 aromatic rings. The lowest BCUT2D eigenvalue weighted by Gasteiger charge is -2.28. The first-order chi connectivity index (χ1) is 10.3. The van der Waals surface area contributed by atoms with Gasteiger partial charge < -0.3 is 19.4 Å². The van der Waals surface area contributed by atoms with Gasteiger partial charge >= 0.3 is 6.03 Å². The zero-order chi connectivity index (χ0) is 14.7. The molecule has 0 spiro atoms. The largest absolute Gasteiger partial charge is 0.469 e. The molecular weight excluding hydrogens is 268 g/mol. The molecule has 1 aliphatic heterocycles. The Balaban J connectivity index is 1.60. The summed E-state index contributed by atoms with van der Waals surface area (Å²) < 4.78 is 11.1. The molecule has 1 saturated heterocycles. The van der Waals surface area contributed by atoms with E-state index in [2.05, 4.69) is 5.32 Å². The average molecular weight is 292 g/mol. The fourth-order valence-electron chi connectivity index (χ4n) is 3.27. The molecule has 2 heterocycles. The Hall–Kier alpha value is -1.49. The van der Waals surface area contributed by atoms with Gasteiger partial charge in [-0.15, -0.1) is 0 Å². The Labute approximate surface area is 125 Å². The van der Waals surface area contributed by atoms with E-state index in [9.17, 15) is 4.79 Å². The van der Waals surface area contributed by atoms with Crippen molar-refractivity contribution in [1.82, 2.24) is 10.2 Å². The summed E-state index contributed by atoms with van der Waals surface area (Å²) in [5.74, 6) is 1.02. The molecule has 1 N–H and O–H groups in total. The number of nitrogens with zero attached hydrogens (tertiary/aromatic N) is 1. The van der Waals surface area contributed by atoms with Crippen molar-refractivity contribution >= 4 is 6.03 Å². The lowest BCUT2D eigenvalue weighted by atomic mass is 9.93. The van der Waals surface area contributed by atoms with Crippen molar-refractivity contribution in [2.24, 2.45) is 0 Å². The minimum absolute atomic E-state index is 0.00653. The molecule has 0 aromatic carbocycles. The molecule has 5 heteroatoms. The van der Waals surface area contributed by atoms with Crippen LogP contribution in [0.1, 0.15) is 50.0 Å². The van der Waals surface area contributed by atoms with Crippen LogP contribution in [0.25, 0.3) is 0 Å². The van der Waals surface area contributed by atoms with Crippen molar-refractivity contribution in [3.63, 3.8) is 0 Å². The first kappa shape index (κ1) is 14.4. The molecule has 1 aromatic heterocycles. The highest BCUT2D eigenvalue weighted by Gasteiger charge is 2.27. The Morgan fingerprint density at radius 1 is 1.43 bits per heavy atom. The monoisotopic (exact) mass is 292 g/mol. The second-order valence-electron chi connectivity index (χ2n) is 5.87. The van der Waals surface area contributed by atoms with Gasteiger partial charge in [0.25, 0.3) is 0 Å². The molecule has 0 bridgehead atoms. The van der Waals surface area contributed by atoms with Crippen LogP contribution in [-0.4, -0.2) is 36.7 Å². The van der Waals surface area contributed by atoms with Crippen LogP contribution in [0, 0.1) is 0 Å². The number of amides is 2. The normalized spacial score (nSPS) is 24.6. The number of carbonyl (C=O) groups is 1. The van der Waals surface area contributed by atoms with Gasteiger partial charge in [0, 0.05) is 31.7 Å².